The second kappa shape index (κ2) is 7.53. The number of aryl methyl sites for hydroxylation is 1. The van der Waals surface area contributed by atoms with Gasteiger partial charge in [-0.2, -0.15) is 4.31 Å². The zero-order chi connectivity index (χ0) is 17.9. The first kappa shape index (κ1) is 18.7. The first-order valence-corrected chi connectivity index (χ1v) is 9.17. The van der Waals surface area contributed by atoms with Gasteiger partial charge in [0.05, 0.1) is 21.5 Å². The molecule has 0 bridgehead atoms. The Labute approximate surface area is 151 Å². The van der Waals surface area contributed by atoms with Crippen LogP contribution in [0.15, 0.2) is 47.4 Å². The summed E-state index contributed by atoms with van der Waals surface area (Å²) in [7, 11) is -2.38. The van der Waals surface area contributed by atoms with Gasteiger partial charge >= 0.3 is 0 Å². The summed E-state index contributed by atoms with van der Waals surface area (Å²) in [4.78, 5) is 12.2. The highest BCUT2D eigenvalue weighted by atomic mass is 35.5. The first-order valence-electron chi connectivity index (χ1n) is 6.98. The van der Waals surface area contributed by atoms with E-state index in [-0.39, 0.29) is 11.4 Å². The highest BCUT2D eigenvalue weighted by molar-refractivity contribution is 7.89. The molecule has 128 valence electrons. The third kappa shape index (κ3) is 4.48. The summed E-state index contributed by atoms with van der Waals surface area (Å²) < 4.78 is 25.9. The Morgan fingerprint density at radius 1 is 1.08 bits per heavy atom. The fourth-order valence-corrected chi connectivity index (χ4v) is 3.38. The fourth-order valence-electron chi connectivity index (χ4n) is 1.95. The predicted octanol–water partition coefficient (Wildman–Crippen LogP) is 3.56. The number of hydrogen-bond acceptors (Lipinski definition) is 3. The molecule has 0 atom stereocenters. The van der Waals surface area contributed by atoms with Crippen molar-refractivity contribution < 1.29 is 13.2 Å². The van der Waals surface area contributed by atoms with Crippen molar-refractivity contribution >= 4 is 44.8 Å². The Bertz CT molecular complexity index is 852. The van der Waals surface area contributed by atoms with E-state index in [1.54, 1.807) is 24.3 Å². The predicted molar refractivity (Wildman–Crippen MR) is 96.1 cm³/mol. The van der Waals surface area contributed by atoms with Gasteiger partial charge in [-0.3, -0.25) is 4.79 Å². The summed E-state index contributed by atoms with van der Waals surface area (Å²) in [6.07, 6.45) is 0. The minimum atomic E-state index is -3.73. The minimum Gasteiger partial charge on any atom is -0.325 e. The van der Waals surface area contributed by atoms with Crippen LogP contribution in [-0.2, 0) is 14.8 Å². The molecule has 0 fully saturated rings. The van der Waals surface area contributed by atoms with E-state index < -0.39 is 15.9 Å². The third-order valence-corrected chi connectivity index (χ3v) is 5.86. The Morgan fingerprint density at radius 3 is 2.29 bits per heavy atom. The summed E-state index contributed by atoms with van der Waals surface area (Å²) in [6, 6.07) is 11.1. The lowest BCUT2D eigenvalue weighted by Gasteiger charge is -2.17. The molecule has 0 aliphatic carbocycles. The van der Waals surface area contributed by atoms with Crippen LogP contribution in [0, 0.1) is 6.92 Å². The molecule has 0 radical (unpaired) electrons. The van der Waals surface area contributed by atoms with Gasteiger partial charge < -0.3 is 5.32 Å². The number of halogens is 2. The second-order valence-electron chi connectivity index (χ2n) is 5.25. The third-order valence-electron chi connectivity index (χ3n) is 3.30. The van der Waals surface area contributed by atoms with Crippen LogP contribution in [0.1, 0.15) is 5.56 Å². The van der Waals surface area contributed by atoms with E-state index in [1.165, 1.54) is 25.2 Å². The minimum absolute atomic E-state index is 0.137. The summed E-state index contributed by atoms with van der Waals surface area (Å²) in [5.74, 6) is -0.480. The van der Waals surface area contributed by atoms with Crippen LogP contribution in [-0.4, -0.2) is 32.2 Å². The Hall–Kier alpha value is -1.60. The lowest BCUT2D eigenvalue weighted by atomic mass is 10.2. The number of nitrogens with one attached hydrogen (secondary N) is 1. The van der Waals surface area contributed by atoms with Crippen molar-refractivity contribution in [1.82, 2.24) is 4.31 Å². The van der Waals surface area contributed by atoms with Crippen LogP contribution in [0.4, 0.5) is 5.69 Å². The van der Waals surface area contributed by atoms with E-state index >= 15 is 0 Å². The molecular formula is C16H16Cl2N2O3S. The van der Waals surface area contributed by atoms with Crippen LogP contribution < -0.4 is 5.32 Å². The lowest BCUT2D eigenvalue weighted by molar-refractivity contribution is -0.116. The molecule has 0 aliphatic heterocycles. The number of rotatable bonds is 5. The molecule has 5 nitrogen and oxygen atoms in total. The zero-order valence-electron chi connectivity index (χ0n) is 13.1. The van der Waals surface area contributed by atoms with Gasteiger partial charge in [-0.15, -0.1) is 0 Å². The quantitative estimate of drug-likeness (QED) is 0.853. The second-order valence-corrected chi connectivity index (χ2v) is 8.11. The van der Waals surface area contributed by atoms with Crippen molar-refractivity contribution in [3.8, 4) is 0 Å². The number of anilines is 1. The van der Waals surface area contributed by atoms with E-state index in [4.69, 9.17) is 23.2 Å². The molecule has 2 rings (SSSR count). The smallest absolute Gasteiger partial charge is 0.243 e. The number of likely N-dealkylation sites (N-methyl/N-ethyl adjacent to an activating group) is 1. The molecule has 24 heavy (non-hydrogen) atoms. The molecule has 0 saturated heterocycles. The maximum absolute atomic E-state index is 12.4. The summed E-state index contributed by atoms with van der Waals surface area (Å²) >= 11 is 11.7. The van der Waals surface area contributed by atoms with E-state index in [9.17, 15) is 13.2 Å². The van der Waals surface area contributed by atoms with Gasteiger partial charge in [0, 0.05) is 12.7 Å². The molecule has 0 aliphatic rings. The SMILES string of the molecule is Cc1ccc(S(=O)(=O)N(C)CC(=O)Nc2ccc(Cl)c(Cl)c2)cc1. The molecule has 0 aromatic heterocycles. The topological polar surface area (TPSA) is 66.5 Å². The monoisotopic (exact) mass is 386 g/mol. The molecule has 1 N–H and O–H groups in total. The van der Waals surface area contributed by atoms with Crippen LogP contribution in [0.5, 0.6) is 0 Å². The lowest BCUT2D eigenvalue weighted by Crippen LogP contribution is -2.34. The number of carbonyl (C=O) groups excluding carboxylic acids is 1. The summed E-state index contributed by atoms with van der Waals surface area (Å²) in [5, 5.41) is 3.26. The van der Waals surface area contributed by atoms with Gasteiger partial charge in [0.1, 0.15) is 0 Å². The van der Waals surface area contributed by atoms with Crippen molar-refractivity contribution in [3.05, 3.63) is 58.1 Å². The normalized spacial score (nSPS) is 11.5. The van der Waals surface area contributed by atoms with Gasteiger partial charge in [0.2, 0.25) is 15.9 Å². The van der Waals surface area contributed by atoms with E-state index in [1.807, 2.05) is 6.92 Å². The van der Waals surface area contributed by atoms with Crippen LogP contribution >= 0.6 is 23.2 Å². The maximum atomic E-state index is 12.4. The average molecular weight is 387 g/mol. The van der Waals surface area contributed by atoms with Crippen molar-refractivity contribution in [2.75, 3.05) is 18.9 Å². The first-order chi connectivity index (χ1) is 11.2. The number of amides is 1. The largest absolute Gasteiger partial charge is 0.325 e. The summed E-state index contributed by atoms with van der Waals surface area (Å²) in [6.45, 7) is 1.54. The van der Waals surface area contributed by atoms with E-state index in [2.05, 4.69) is 5.32 Å². The number of sulfonamides is 1. The van der Waals surface area contributed by atoms with Crippen LogP contribution in [0.2, 0.25) is 10.0 Å². The Balaban J connectivity index is 2.07. The van der Waals surface area contributed by atoms with Gasteiger partial charge in [-0.1, -0.05) is 40.9 Å². The Morgan fingerprint density at radius 2 is 1.71 bits per heavy atom. The highest BCUT2D eigenvalue weighted by Crippen LogP contribution is 2.25. The molecule has 8 heteroatoms. The highest BCUT2D eigenvalue weighted by Gasteiger charge is 2.22. The van der Waals surface area contributed by atoms with E-state index in [0.29, 0.717) is 15.7 Å². The zero-order valence-corrected chi connectivity index (χ0v) is 15.4. The molecule has 0 heterocycles. The molecule has 2 aromatic rings. The maximum Gasteiger partial charge on any atom is 0.243 e. The van der Waals surface area contributed by atoms with Gasteiger partial charge in [-0.25, -0.2) is 8.42 Å². The van der Waals surface area contributed by atoms with Crippen molar-refractivity contribution in [2.45, 2.75) is 11.8 Å². The number of nitrogens with zero attached hydrogens (tertiary/aromatic N) is 1. The van der Waals surface area contributed by atoms with Crippen molar-refractivity contribution in [1.29, 1.82) is 0 Å². The van der Waals surface area contributed by atoms with Crippen molar-refractivity contribution in [3.63, 3.8) is 0 Å². The van der Waals surface area contributed by atoms with Crippen molar-refractivity contribution in [2.24, 2.45) is 0 Å². The molecule has 1 amide bonds. The number of benzene rings is 2. The summed E-state index contributed by atoms with van der Waals surface area (Å²) in [5.41, 5.74) is 1.39. The molecule has 0 saturated carbocycles. The van der Waals surface area contributed by atoms with Gasteiger partial charge in [0.15, 0.2) is 0 Å². The molecule has 0 spiro atoms. The van der Waals surface area contributed by atoms with E-state index in [0.717, 1.165) is 9.87 Å². The molecule has 0 unspecified atom stereocenters. The standard InChI is InChI=1S/C16H16Cl2N2O3S/c1-11-3-6-13(7-4-11)24(22,23)20(2)10-16(21)19-12-5-8-14(17)15(18)9-12/h3-9H,10H2,1-2H3,(H,19,21). The molecule has 2 aromatic carbocycles. The molecular weight excluding hydrogens is 371 g/mol. The van der Waals surface area contributed by atoms with Gasteiger partial charge in [-0.05, 0) is 37.3 Å². The Kier molecular flexibility index (Phi) is 5.87. The van der Waals surface area contributed by atoms with Crippen LogP contribution in [0.25, 0.3) is 0 Å². The number of hydrogen-bond donors (Lipinski definition) is 1. The van der Waals surface area contributed by atoms with Crippen LogP contribution in [0.3, 0.4) is 0 Å². The number of carbonyl (C=O) groups is 1. The van der Waals surface area contributed by atoms with Gasteiger partial charge in [0.25, 0.3) is 0 Å². The fraction of sp³-hybridized carbons (Fsp3) is 0.188. The average Bonchev–Trinajstić information content (AvgIpc) is 2.51.